The number of nitrogens with one attached hydrogen (secondary N) is 1. The van der Waals surface area contributed by atoms with Crippen molar-refractivity contribution in [1.82, 2.24) is 5.32 Å². The van der Waals surface area contributed by atoms with Gasteiger partial charge in [0.2, 0.25) is 0 Å². The second-order valence-corrected chi connectivity index (χ2v) is 6.46. The molecule has 0 fully saturated rings. The molecule has 152 valence electrons. The molecule has 0 aliphatic carbocycles. The largest absolute Gasteiger partial charge is 0.477 e. The van der Waals surface area contributed by atoms with Crippen LogP contribution in [-0.2, 0) is 4.79 Å². The van der Waals surface area contributed by atoms with E-state index in [1.54, 1.807) is 0 Å². The zero-order chi connectivity index (χ0) is 21.7. The lowest BCUT2D eigenvalue weighted by Crippen LogP contribution is -2.27. The summed E-state index contributed by atoms with van der Waals surface area (Å²) < 4.78 is 32.5. The number of aliphatic carboxylic acids is 1. The summed E-state index contributed by atoms with van der Waals surface area (Å²) in [5, 5.41) is 11.7. The van der Waals surface area contributed by atoms with E-state index in [0.29, 0.717) is 5.56 Å². The second kappa shape index (κ2) is 9.19. The number of benzene rings is 3. The lowest BCUT2D eigenvalue weighted by molar-refractivity contribution is -0.132. The highest BCUT2D eigenvalue weighted by Gasteiger charge is 2.14. The van der Waals surface area contributed by atoms with E-state index in [1.165, 1.54) is 66.7 Å². The monoisotopic (exact) mass is 429 g/mol. The Labute approximate surface area is 175 Å². The number of para-hydroxylation sites is 1. The van der Waals surface area contributed by atoms with E-state index in [1.807, 2.05) is 0 Å². The summed E-state index contributed by atoms with van der Waals surface area (Å²) in [7, 11) is 0. The van der Waals surface area contributed by atoms with Gasteiger partial charge in [0.1, 0.15) is 17.3 Å². The number of amides is 1. The van der Waals surface area contributed by atoms with Crippen molar-refractivity contribution in [2.45, 2.75) is 0 Å². The number of carboxylic acid groups (broad SMARTS) is 1. The molecule has 8 heteroatoms. The first kappa shape index (κ1) is 21.0. The van der Waals surface area contributed by atoms with E-state index in [4.69, 9.17) is 16.3 Å². The van der Waals surface area contributed by atoms with E-state index in [-0.39, 0.29) is 22.1 Å². The van der Waals surface area contributed by atoms with Gasteiger partial charge < -0.3 is 15.2 Å². The molecule has 1 amide bonds. The molecule has 0 aromatic heterocycles. The van der Waals surface area contributed by atoms with Gasteiger partial charge in [-0.25, -0.2) is 13.6 Å². The van der Waals surface area contributed by atoms with Gasteiger partial charge in [0.25, 0.3) is 5.91 Å². The number of hydrogen-bond acceptors (Lipinski definition) is 3. The van der Waals surface area contributed by atoms with Crippen LogP contribution in [0.25, 0.3) is 6.08 Å². The molecule has 0 aliphatic heterocycles. The Kier molecular flexibility index (Phi) is 6.44. The number of carboxylic acids is 1. The molecule has 3 rings (SSSR count). The first-order chi connectivity index (χ1) is 14.3. The third kappa shape index (κ3) is 5.21. The Morgan fingerprint density at radius 2 is 1.70 bits per heavy atom. The Morgan fingerprint density at radius 1 is 1.00 bits per heavy atom. The van der Waals surface area contributed by atoms with Crippen molar-refractivity contribution < 1.29 is 28.2 Å². The minimum Gasteiger partial charge on any atom is -0.477 e. The molecule has 0 aliphatic rings. The van der Waals surface area contributed by atoms with E-state index < -0.39 is 29.2 Å². The van der Waals surface area contributed by atoms with Gasteiger partial charge in [-0.15, -0.1) is 0 Å². The average Bonchev–Trinajstić information content (AvgIpc) is 2.71. The Hall–Kier alpha value is -3.71. The highest BCUT2D eigenvalue weighted by atomic mass is 35.5. The van der Waals surface area contributed by atoms with Gasteiger partial charge in [0.15, 0.2) is 11.6 Å². The topological polar surface area (TPSA) is 75.6 Å². The fourth-order valence-corrected chi connectivity index (χ4v) is 2.67. The van der Waals surface area contributed by atoms with Crippen LogP contribution >= 0.6 is 11.6 Å². The zero-order valence-electron chi connectivity index (χ0n) is 15.2. The van der Waals surface area contributed by atoms with E-state index in [0.717, 1.165) is 6.07 Å². The van der Waals surface area contributed by atoms with E-state index in [2.05, 4.69) is 5.32 Å². The van der Waals surface area contributed by atoms with Gasteiger partial charge in [-0.05, 0) is 54.1 Å². The third-order valence-corrected chi connectivity index (χ3v) is 4.19. The highest BCUT2D eigenvalue weighted by molar-refractivity contribution is 6.32. The molecule has 0 saturated heterocycles. The van der Waals surface area contributed by atoms with Crippen molar-refractivity contribution in [1.29, 1.82) is 0 Å². The lowest BCUT2D eigenvalue weighted by Gasteiger charge is -2.09. The number of rotatable bonds is 6. The summed E-state index contributed by atoms with van der Waals surface area (Å²) in [6.07, 6.45) is 1.22. The summed E-state index contributed by atoms with van der Waals surface area (Å²) >= 11 is 5.92. The maximum atomic E-state index is 13.8. The maximum Gasteiger partial charge on any atom is 0.352 e. The summed E-state index contributed by atoms with van der Waals surface area (Å²) in [6, 6.07) is 15.0. The average molecular weight is 430 g/mol. The van der Waals surface area contributed by atoms with E-state index >= 15 is 0 Å². The molecule has 3 aromatic carbocycles. The molecule has 5 nitrogen and oxygen atoms in total. The van der Waals surface area contributed by atoms with Gasteiger partial charge in [-0.1, -0.05) is 35.9 Å². The molecule has 0 unspecified atom stereocenters. The smallest absolute Gasteiger partial charge is 0.352 e. The first-order valence-electron chi connectivity index (χ1n) is 8.57. The van der Waals surface area contributed by atoms with Crippen LogP contribution in [0.5, 0.6) is 11.5 Å². The molecule has 0 atom stereocenters. The third-order valence-electron chi connectivity index (χ3n) is 3.90. The Bertz CT molecular complexity index is 1110. The Balaban J connectivity index is 1.78. The molecule has 0 saturated carbocycles. The summed E-state index contributed by atoms with van der Waals surface area (Å²) in [4.78, 5) is 23.7. The summed E-state index contributed by atoms with van der Waals surface area (Å²) in [5.41, 5.74) is 0.00154. The van der Waals surface area contributed by atoms with Crippen LogP contribution in [0.15, 0.2) is 72.4 Å². The molecule has 3 aromatic rings. The number of halogens is 3. The van der Waals surface area contributed by atoms with Crippen LogP contribution in [0.4, 0.5) is 8.78 Å². The number of hydrogen-bond donors (Lipinski definition) is 2. The van der Waals surface area contributed by atoms with Crippen molar-refractivity contribution in [2.24, 2.45) is 0 Å². The van der Waals surface area contributed by atoms with Crippen molar-refractivity contribution in [3.8, 4) is 11.5 Å². The molecule has 2 N–H and O–H groups in total. The first-order valence-corrected chi connectivity index (χ1v) is 8.95. The van der Waals surface area contributed by atoms with Crippen molar-refractivity contribution in [3.05, 3.63) is 100 Å². The quantitative estimate of drug-likeness (QED) is 0.524. The minimum absolute atomic E-state index is 0.0207. The van der Waals surface area contributed by atoms with Crippen LogP contribution in [0.1, 0.15) is 15.9 Å². The molecular formula is C22H14ClF2NO4. The summed E-state index contributed by atoms with van der Waals surface area (Å²) in [6.45, 7) is 0. The van der Waals surface area contributed by atoms with Crippen molar-refractivity contribution in [3.63, 3.8) is 0 Å². The number of carbonyl (C=O) groups is 2. The fraction of sp³-hybridized carbons (Fsp3) is 0. The number of carbonyl (C=O) groups excluding carboxylic acids is 1. The van der Waals surface area contributed by atoms with Gasteiger partial charge in [0.05, 0.1) is 5.02 Å². The van der Waals surface area contributed by atoms with Gasteiger partial charge in [0, 0.05) is 5.56 Å². The zero-order valence-corrected chi connectivity index (χ0v) is 16.0. The lowest BCUT2D eigenvalue weighted by atomic mass is 10.1. The normalized spacial score (nSPS) is 11.1. The predicted molar refractivity (Wildman–Crippen MR) is 107 cm³/mol. The molecule has 30 heavy (non-hydrogen) atoms. The molecule has 0 spiro atoms. The Morgan fingerprint density at radius 3 is 2.33 bits per heavy atom. The van der Waals surface area contributed by atoms with Crippen LogP contribution < -0.4 is 10.1 Å². The molecule has 0 bridgehead atoms. The van der Waals surface area contributed by atoms with Gasteiger partial charge in [-0.2, -0.15) is 0 Å². The maximum absolute atomic E-state index is 13.8. The summed E-state index contributed by atoms with van der Waals surface area (Å²) in [5.74, 6) is -3.24. The minimum atomic E-state index is -1.38. The van der Waals surface area contributed by atoms with Crippen molar-refractivity contribution in [2.75, 3.05) is 0 Å². The molecule has 0 radical (unpaired) electrons. The van der Waals surface area contributed by atoms with Gasteiger partial charge >= 0.3 is 5.97 Å². The van der Waals surface area contributed by atoms with Gasteiger partial charge in [-0.3, -0.25) is 4.79 Å². The van der Waals surface area contributed by atoms with E-state index in [9.17, 15) is 23.5 Å². The standard InChI is InChI=1S/C22H14ClF2NO4/c23-17-5-2-6-18(25)20(17)30-16-9-7-13(8-10-16)11-19(22(28)29)26-21(27)14-3-1-4-15(24)12-14/h1-12H,(H,26,27)(H,28,29)/b19-11+. The fourth-order valence-electron chi connectivity index (χ4n) is 2.47. The van der Waals surface area contributed by atoms with Crippen LogP contribution in [-0.4, -0.2) is 17.0 Å². The number of ether oxygens (including phenoxy) is 1. The molecule has 0 heterocycles. The predicted octanol–water partition coefficient (Wildman–Crippen LogP) is 5.27. The molecular weight excluding hydrogens is 416 g/mol. The SMILES string of the molecule is O=C(O)/C(=C\c1ccc(Oc2c(F)cccc2Cl)cc1)NC(=O)c1cccc(F)c1. The highest BCUT2D eigenvalue weighted by Crippen LogP contribution is 2.32. The van der Waals surface area contributed by atoms with Crippen molar-refractivity contribution >= 4 is 29.6 Å². The van der Waals surface area contributed by atoms with Crippen LogP contribution in [0.2, 0.25) is 5.02 Å². The second-order valence-electron chi connectivity index (χ2n) is 6.05. The van der Waals surface area contributed by atoms with Crippen LogP contribution in [0.3, 0.4) is 0 Å². The van der Waals surface area contributed by atoms with Crippen LogP contribution in [0, 0.1) is 11.6 Å².